The molecule has 0 saturated heterocycles. The predicted octanol–water partition coefficient (Wildman–Crippen LogP) is 4.93. The molecule has 5 heteroatoms. The van der Waals surface area contributed by atoms with E-state index in [-0.39, 0.29) is 18.4 Å². The average Bonchev–Trinajstić information content (AvgIpc) is 2.79. The number of benzene rings is 3. The van der Waals surface area contributed by atoms with Gasteiger partial charge in [0, 0.05) is 23.5 Å². The molecule has 0 unspecified atom stereocenters. The molecule has 0 radical (unpaired) electrons. The summed E-state index contributed by atoms with van der Waals surface area (Å²) in [5.74, 6) is 0.245. The van der Waals surface area contributed by atoms with Crippen LogP contribution in [-0.4, -0.2) is 25.0 Å². The van der Waals surface area contributed by atoms with Crippen molar-refractivity contribution in [3.63, 3.8) is 0 Å². The maximum absolute atomic E-state index is 13.0. The van der Waals surface area contributed by atoms with E-state index in [1.807, 2.05) is 61.5 Å². The van der Waals surface area contributed by atoms with Crippen LogP contribution in [0, 0.1) is 0 Å². The van der Waals surface area contributed by atoms with Crippen molar-refractivity contribution >= 4 is 23.2 Å². The number of carbonyl (C=O) groups is 2. The maximum atomic E-state index is 13.0. The zero-order chi connectivity index (χ0) is 21.3. The SMILES string of the molecule is CCc1ccc(OCC(=O)Nc2cccc(C(=O)N(CC)c3ccccc3)c2)cc1. The van der Waals surface area contributed by atoms with E-state index in [2.05, 4.69) is 12.2 Å². The van der Waals surface area contributed by atoms with Crippen LogP contribution in [0.5, 0.6) is 5.75 Å². The summed E-state index contributed by atoms with van der Waals surface area (Å²) in [4.78, 5) is 26.9. The van der Waals surface area contributed by atoms with E-state index in [0.717, 1.165) is 12.1 Å². The Morgan fingerprint density at radius 2 is 1.63 bits per heavy atom. The monoisotopic (exact) mass is 402 g/mol. The maximum Gasteiger partial charge on any atom is 0.262 e. The average molecular weight is 402 g/mol. The molecule has 0 fully saturated rings. The lowest BCUT2D eigenvalue weighted by molar-refractivity contribution is -0.118. The molecule has 0 saturated carbocycles. The van der Waals surface area contributed by atoms with Gasteiger partial charge in [-0.2, -0.15) is 0 Å². The second kappa shape index (κ2) is 10.3. The second-order valence-corrected chi connectivity index (χ2v) is 6.80. The van der Waals surface area contributed by atoms with Gasteiger partial charge in [0.1, 0.15) is 5.75 Å². The van der Waals surface area contributed by atoms with Crippen molar-refractivity contribution in [2.45, 2.75) is 20.3 Å². The van der Waals surface area contributed by atoms with Gasteiger partial charge in [-0.05, 0) is 61.4 Å². The number of hydrogen-bond acceptors (Lipinski definition) is 3. The molecule has 3 aromatic carbocycles. The lowest BCUT2D eigenvalue weighted by Crippen LogP contribution is -2.30. The van der Waals surface area contributed by atoms with Crippen LogP contribution in [-0.2, 0) is 11.2 Å². The molecule has 0 atom stereocenters. The lowest BCUT2D eigenvalue weighted by Gasteiger charge is -2.21. The van der Waals surface area contributed by atoms with Gasteiger partial charge < -0.3 is 15.0 Å². The van der Waals surface area contributed by atoms with Crippen LogP contribution in [0.4, 0.5) is 11.4 Å². The fraction of sp³-hybridized carbons (Fsp3) is 0.200. The number of rotatable bonds is 8. The van der Waals surface area contributed by atoms with Gasteiger partial charge in [0.05, 0.1) is 0 Å². The van der Waals surface area contributed by atoms with Crippen LogP contribution in [0.25, 0.3) is 0 Å². The summed E-state index contributed by atoms with van der Waals surface area (Å²) in [6, 6.07) is 24.1. The van der Waals surface area contributed by atoms with E-state index in [0.29, 0.717) is 23.5 Å². The highest BCUT2D eigenvalue weighted by molar-refractivity contribution is 6.07. The van der Waals surface area contributed by atoms with E-state index in [9.17, 15) is 9.59 Å². The van der Waals surface area contributed by atoms with E-state index >= 15 is 0 Å². The molecule has 0 aliphatic heterocycles. The van der Waals surface area contributed by atoms with Gasteiger partial charge in [-0.1, -0.05) is 43.3 Å². The molecule has 3 rings (SSSR count). The van der Waals surface area contributed by atoms with Gasteiger partial charge in [-0.25, -0.2) is 0 Å². The van der Waals surface area contributed by atoms with Crippen molar-refractivity contribution in [1.82, 2.24) is 0 Å². The molecular formula is C25H26N2O3. The number of ether oxygens (including phenoxy) is 1. The van der Waals surface area contributed by atoms with Crippen LogP contribution in [0.1, 0.15) is 29.8 Å². The van der Waals surface area contributed by atoms with Crippen LogP contribution >= 0.6 is 0 Å². The van der Waals surface area contributed by atoms with E-state index in [1.165, 1.54) is 5.56 Å². The smallest absolute Gasteiger partial charge is 0.262 e. The molecule has 1 N–H and O–H groups in total. The summed E-state index contributed by atoms with van der Waals surface area (Å²) < 4.78 is 5.54. The third-order valence-corrected chi connectivity index (χ3v) is 4.72. The van der Waals surface area contributed by atoms with Gasteiger partial charge in [0.25, 0.3) is 11.8 Å². The van der Waals surface area contributed by atoms with E-state index in [1.54, 1.807) is 29.2 Å². The molecule has 0 aliphatic rings. The first-order valence-corrected chi connectivity index (χ1v) is 10.1. The van der Waals surface area contributed by atoms with Gasteiger partial charge in [-0.3, -0.25) is 9.59 Å². The van der Waals surface area contributed by atoms with Crippen molar-refractivity contribution in [2.75, 3.05) is 23.4 Å². The highest BCUT2D eigenvalue weighted by Crippen LogP contribution is 2.19. The molecule has 0 heterocycles. The minimum absolute atomic E-state index is 0.102. The van der Waals surface area contributed by atoms with Gasteiger partial charge in [0.15, 0.2) is 6.61 Å². The molecule has 5 nitrogen and oxygen atoms in total. The molecular weight excluding hydrogens is 376 g/mol. The largest absolute Gasteiger partial charge is 0.484 e. The molecule has 2 amide bonds. The Labute approximate surface area is 177 Å². The molecule has 0 spiro atoms. The summed E-state index contributed by atoms with van der Waals surface area (Å²) in [6.45, 7) is 4.46. The number of aryl methyl sites for hydroxylation is 1. The highest BCUT2D eigenvalue weighted by Gasteiger charge is 2.16. The summed E-state index contributed by atoms with van der Waals surface area (Å²) in [6.07, 6.45) is 0.954. The zero-order valence-electron chi connectivity index (χ0n) is 17.3. The Kier molecular flexibility index (Phi) is 7.22. The number of nitrogens with zero attached hydrogens (tertiary/aromatic N) is 1. The highest BCUT2D eigenvalue weighted by atomic mass is 16.5. The van der Waals surface area contributed by atoms with Crippen LogP contribution in [0.3, 0.4) is 0 Å². The van der Waals surface area contributed by atoms with Crippen molar-refractivity contribution in [3.8, 4) is 5.75 Å². The fourth-order valence-electron chi connectivity index (χ4n) is 3.10. The van der Waals surface area contributed by atoms with Gasteiger partial charge in [-0.15, -0.1) is 0 Å². The third-order valence-electron chi connectivity index (χ3n) is 4.72. The molecule has 0 aromatic heterocycles. The Balaban J connectivity index is 1.62. The van der Waals surface area contributed by atoms with Crippen molar-refractivity contribution in [1.29, 1.82) is 0 Å². The lowest BCUT2D eigenvalue weighted by atomic mass is 10.1. The summed E-state index contributed by atoms with van der Waals surface area (Å²) >= 11 is 0. The van der Waals surface area contributed by atoms with E-state index in [4.69, 9.17) is 4.74 Å². The first-order chi connectivity index (χ1) is 14.6. The summed E-state index contributed by atoms with van der Waals surface area (Å²) in [7, 11) is 0. The first kappa shape index (κ1) is 21.1. The molecule has 30 heavy (non-hydrogen) atoms. The standard InChI is InChI=1S/C25H26N2O3/c1-3-19-13-15-23(16-14-19)30-18-24(28)26-21-10-8-9-20(17-21)25(29)27(4-2)22-11-6-5-7-12-22/h5-17H,3-4,18H2,1-2H3,(H,26,28). The second-order valence-electron chi connectivity index (χ2n) is 6.80. The predicted molar refractivity (Wildman–Crippen MR) is 120 cm³/mol. The number of hydrogen-bond donors (Lipinski definition) is 1. The van der Waals surface area contributed by atoms with E-state index < -0.39 is 0 Å². The zero-order valence-corrected chi connectivity index (χ0v) is 17.3. The van der Waals surface area contributed by atoms with Crippen LogP contribution in [0.15, 0.2) is 78.9 Å². The Hall–Kier alpha value is -3.60. The Bertz CT molecular complexity index is 985. The van der Waals surface area contributed by atoms with Gasteiger partial charge in [0.2, 0.25) is 0 Å². The van der Waals surface area contributed by atoms with Gasteiger partial charge >= 0.3 is 0 Å². The van der Waals surface area contributed by atoms with Crippen molar-refractivity contribution in [2.24, 2.45) is 0 Å². The Morgan fingerprint density at radius 3 is 2.30 bits per heavy atom. The number of anilines is 2. The number of para-hydroxylation sites is 1. The quantitative estimate of drug-likeness (QED) is 0.581. The Morgan fingerprint density at radius 1 is 0.900 bits per heavy atom. The topological polar surface area (TPSA) is 58.6 Å². The third kappa shape index (κ3) is 5.47. The minimum Gasteiger partial charge on any atom is -0.484 e. The van der Waals surface area contributed by atoms with Crippen LogP contribution in [0.2, 0.25) is 0 Å². The summed E-state index contributed by atoms with van der Waals surface area (Å²) in [5.41, 5.74) is 3.11. The molecule has 0 aliphatic carbocycles. The molecule has 3 aromatic rings. The van der Waals surface area contributed by atoms with Crippen molar-refractivity contribution in [3.05, 3.63) is 90.0 Å². The number of amides is 2. The normalized spacial score (nSPS) is 10.3. The molecule has 0 bridgehead atoms. The first-order valence-electron chi connectivity index (χ1n) is 10.1. The summed E-state index contributed by atoms with van der Waals surface area (Å²) in [5, 5.41) is 2.79. The fourth-order valence-corrected chi connectivity index (χ4v) is 3.10. The minimum atomic E-state index is -0.283. The number of nitrogens with one attached hydrogen (secondary N) is 1. The molecule has 154 valence electrons. The van der Waals surface area contributed by atoms with Crippen LogP contribution < -0.4 is 15.0 Å². The number of carbonyl (C=O) groups excluding carboxylic acids is 2. The van der Waals surface area contributed by atoms with Crippen molar-refractivity contribution < 1.29 is 14.3 Å².